The first-order valence-electron chi connectivity index (χ1n) is 13.8. The Bertz CT molecular complexity index is 1110. The highest BCUT2D eigenvalue weighted by molar-refractivity contribution is 5.95. The van der Waals surface area contributed by atoms with Crippen LogP contribution in [0.2, 0.25) is 0 Å². The fourth-order valence-corrected chi connectivity index (χ4v) is 5.56. The van der Waals surface area contributed by atoms with Crippen LogP contribution in [0, 0.1) is 11.8 Å². The van der Waals surface area contributed by atoms with Crippen molar-refractivity contribution in [2.45, 2.75) is 64.5 Å². The number of hydrogen-bond donors (Lipinski definition) is 1. The number of hydrogen-bond acceptors (Lipinski definition) is 5. The SMILES string of the molecule is COCCCCn1c(C(=O)N(CC(C)C)[C@@H]2CNC[C@H](C(=O)N3CCC(F)(F)CC3)C2)nc2ccccc21.Cl.Cl. The quantitative estimate of drug-likeness (QED) is 0.399. The summed E-state index contributed by atoms with van der Waals surface area (Å²) in [6, 6.07) is 7.58. The smallest absolute Gasteiger partial charge is 0.290 e. The molecule has 0 bridgehead atoms. The van der Waals surface area contributed by atoms with Gasteiger partial charge in [-0.15, -0.1) is 24.8 Å². The Morgan fingerprint density at radius 3 is 2.52 bits per heavy atom. The molecular weight excluding hydrogens is 563 g/mol. The van der Waals surface area contributed by atoms with Gasteiger partial charge in [-0.2, -0.15) is 0 Å². The first-order valence-corrected chi connectivity index (χ1v) is 13.8. The second-order valence-corrected chi connectivity index (χ2v) is 11.1. The molecule has 1 N–H and O–H groups in total. The third-order valence-electron chi connectivity index (χ3n) is 7.57. The van der Waals surface area contributed by atoms with E-state index in [1.807, 2.05) is 33.7 Å². The third-order valence-corrected chi connectivity index (χ3v) is 7.57. The Balaban J connectivity index is 0.00000280. The van der Waals surface area contributed by atoms with E-state index in [4.69, 9.17) is 9.72 Å². The number of fused-ring (bicyclic) bond motifs is 1. The van der Waals surface area contributed by atoms with Crippen molar-refractivity contribution in [1.82, 2.24) is 24.7 Å². The number of nitrogens with one attached hydrogen (secondary N) is 1. The Morgan fingerprint density at radius 1 is 1.15 bits per heavy atom. The van der Waals surface area contributed by atoms with E-state index in [1.165, 1.54) is 0 Å². The number of methoxy groups -OCH3 is 1. The molecule has 0 aliphatic carbocycles. The molecule has 2 aromatic rings. The van der Waals surface area contributed by atoms with E-state index in [1.54, 1.807) is 12.0 Å². The zero-order valence-corrected chi connectivity index (χ0v) is 25.2. The molecule has 1 aromatic carbocycles. The molecule has 0 radical (unpaired) electrons. The molecule has 2 saturated heterocycles. The molecule has 0 unspecified atom stereocenters. The van der Waals surface area contributed by atoms with E-state index in [0.29, 0.717) is 45.0 Å². The minimum absolute atomic E-state index is 0. The van der Waals surface area contributed by atoms with Crippen molar-refractivity contribution in [2.24, 2.45) is 11.8 Å². The largest absolute Gasteiger partial charge is 0.385 e. The number of halogens is 4. The number of likely N-dealkylation sites (tertiary alicyclic amines) is 1. The lowest BCUT2D eigenvalue weighted by Gasteiger charge is -2.40. The second-order valence-electron chi connectivity index (χ2n) is 11.1. The van der Waals surface area contributed by atoms with Crippen LogP contribution >= 0.6 is 24.8 Å². The highest BCUT2D eigenvalue weighted by Gasteiger charge is 2.40. The Hall–Kier alpha value is -2.01. The number of amides is 2. The van der Waals surface area contributed by atoms with Crippen LogP contribution in [0.15, 0.2) is 24.3 Å². The van der Waals surface area contributed by atoms with Crippen LogP contribution in [0.1, 0.15) is 56.6 Å². The van der Waals surface area contributed by atoms with Gasteiger partial charge in [0.2, 0.25) is 5.91 Å². The normalized spacial score (nSPS) is 20.6. The fraction of sp³-hybridized carbons (Fsp3) is 0.679. The minimum Gasteiger partial charge on any atom is -0.385 e. The summed E-state index contributed by atoms with van der Waals surface area (Å²) in [5, 5.41) is 3.34. The van der Waals surface area contributed by atoms with Gasteiger partial charge in [-0.1, -0.05) is 26.0 Å². The van der Waals surface area contributed by atoms with E-state index in [2.05, 4.69) is 19.2 Å². The number of carbonyl (C=O) groups is 2. The number of alkyl halides is 2. The molecule has 2 amide bonds. The van der Waals surface area contributed by atoms with Gasteiger partial charge < -0.3 is 24.4 Å². The van der Waals surface area contributed by atoms with Crippen LogP contribution < -0.4 is 5.32 Å². The number of para-hydroxylation sites is 2. The summed E-state index contributed by atoms with van der Waals surface area (Å²) in [4.78, 5) is 35.6. The molecule has 226 valence electrons. The summed E-state index contributed by atoms with van der Waals surface area (Å²) in [5.41, 5.74) is 1.71. The molecule has 1 aromatic heterocycles. The average Bonchev–Trinajstić information content (AvgIpc) is 3.27. The lowest BCUT2D eigenvalue weighted by molar-refractivity contribution is -0.142. The van der Waals surface area contributed by atoms with Crippen molar-refractivity contribution >= 4 is 47.7 Å². The Kier molecular flexibility index (Phi) is 13.1. The number of piperidine rings is 2. The van der Waals surface area contributed by atoms with Gasteiger partial charge >= 0.3 is 0 Å². The molecule has 0 saturated carbocycles. The molecule has 12 heteroatoms. The highest BCUT2D eigenvalue weighted by Crippen LogP contribution is 2.30. The summed E-state index contributed by atoms with van der Waals surface area (Å²) < 4.78 is 34.5. The predicted molar refractivity (Wildman–Crippen MR) is 157 cm³/mol. The maximum Gasteiger partial charge on any atom is 0.290 e. The number of benzene rings is 1. The lowest BCUT2D eigenvalue weighted by Crippen LogP contribution is -2.56. The maximum absolute atomic E-state index is 14.1. The number of aromatic nitrogens is 2. The molecule has 2 aliphatic heterocycles. The van der Waals surface area contributed by atoms with Crippen LogP contribution in [0.25, 0.3) is 11.0 Å². The zero-order chi connectivity index (χ0) is 27.3. The van der Waals surface area contributed by atoms with Crippen LogP contribution in [0.5, 0.6) is 0 Å². The molecule has 0 spiro atoms. The van der Waals surface area contributed by atoms with E-state index < -0.39 is 5.92 Å². The summed E-state index contributed by atoms with van der Waals surface area (Å²) >= 11 is 0. The van der Waals surface area contributed by atoms with Gasteiger partial charge in [0.05, 0.1) is 17.0 Å². The number of unbranched alkanes of at least 4 members (excludes halogenated alkanes) is 1. The maximum atomic E-state index is 14.1. The van der Waals surface area contributed by atoms with Gasteiger partial charge in [0.25, 0.3) is 11.8 Å². The molecule has 2 atom stereocenters. The van der Waals surface area contributed by atoms with E-state index >= 15 is 0 Å². The van der Waals surface area contributed by atoms with Crippen LogP contribution in [0.4, 0.5) is 8.78 Å². The summed E-state index contributed by atoms with van der Waals surface area (Å²) in [6.45, 7) is 7.22. The standard InChI is InChI=1S/C28H41F2N5O3.2ClH/c1-20(2)19-35(22-16-21(17-31-18-22)26(36)33-13-10-28(29,30)11-14-33)27(37)25-32-23-8-4-5-9-24(23)34(25)12-6-7-15-38-3;;/h4-5,8-9,20-22,31H,6-7,10-19H2,1-3H3;2*1H/t21-,22+;;/m1../s1. The minimum atomic E-state index is -2.69. The lowest BCUT2D eigenvalue weighted by atomic mass is 9.91. The summed E-state index contributed by atoms with van der Waals surface area (Å²) in [6.07, 6.45) is 1.66. The van der Waals surface area contributed by atoms with Crippen molar-refractivity contribution in [3.8, 4) is 0 Å². The van der Waals surface area contributed by atoms with Gasteiger partial charge in [-0.05, 0) is 37.3 Å². The van der Waals surface area contributed by atoms with Gasteiger partial charge in [0.1, 0.15) is 0 Å². The van der Waals surface area contributed by atoms with Crippen molar-refractivity contribution in [1.29, 1.82) is 0 Å². The molecule has 8 nitrogen and oxygen atoms in total. The van der Waals surface area contributed by atoms with E-state index in [9.17, 15) is 18.4 Å². The third kappa shape index (κ3) is 8.27. The topological polar surface area (TPSA) is 79.7 Å². The van der Waals surface area contributed by atoms with Crippen molar-refractivity contribution in [2.75, 3.05) is 46.4 Å². The van der Waals surface area contributed by atoms with Gasteiger partial charge in [0, 0.05) is 71.9 Å². The average molecular weight is 607 g/mol. The molecule has 40 heavy (non-hydrogen) atoms. The predicted octanol–water partition coefficient (Wildman–Crippen LogP) is 4.64. The fourth-order valence-electron chi connectivity index (χ4n) is 5.56. The molecule has 4 rings (SSSR count). The Labute approximate surface area is 248 Å². The van der Waals surface area contributed by atoms with Gasteiger partial charge in [-0.25, -0.2) is 13.8 Å². The molecule has 2 fully saturated rings. The van der Waals surface area contributed by atoms with Crippen molar-refractivity contribution in [3.05, 3.63) is 30.1 Å². The van der Waals surface area contributed by atoms with E-state index in [-0.39, 0.29) is 80.4 Å². The second kappa shape index (κ2) is 15.3. The van der Waals surface area contributed by atoms with Crippen LogP contribution in [0.3, 0.4) is 0 Å². The number of nitrogens with zero attached hydrogens (tertiary/aromatic N) is 4. The van der Waals surface area contributed by atoms with Crippen molar-refractivity contribution < 1.29 is 23.1 Å². The van der Waals surface area contributed by atoms with E-state index in [0.717, 1.165) is 23.9 Å². The summed E-state index contributed by atoms with van der Waals surface area (Å²) in [5.74, 6) is -2.65. The van der Waals surface area contributed by atoms with Crippen molar-refractivity contribution in [3.63, 3.8) is 0 Å². The van der Waals surface area contributed by atoms with Gasteiger partial charge in [-0.3, -0.25) is 9.59 Å². The molecule has 3 heterocycles. The van der Waals surface area contributed by atoms with Crippen LogP contribution in [-0.2, 0) is 16.1 Å². The van der Waals surface area contributed by atoms with Crippen LogP contribution in [-0.4, -0.2) is 89.6 Å². The summed E-state index contributed by atoms with van der Waals surface area (Å²) in [7, 11) is 1.68. The van der Waals surface area contributed by atoms with Gasteiger partial charge in [0.15, 0.2) is 5.82 Å². The molecular formula is C28H43Cl2F2N5O3. The number of carbonyl (C=O) groups excluding carboxylic acids is 2. The zero-order valence-electron chi connectivity index (χ0n) is 23.6. The highest BCUT2D eigenvalue weighted by atomic mass is 35.5. The Morgan fingerprint density at radius 2 is 1.85 bits per heavy atom. The monoisotopic (exact) mass is 605 g/mol. The first kappa shape index (κ1) is 34.2. The number of imidazole rings is 1. The first-order chi connectivity index (χ1) is 18.2. The number of ether oxygens (including phenoxy) is 1. The number of rotatable bonds is 10. The number of aryl methyl sites for hydroxylation is 1. The molecule has 2 aliphatic rings.